The van der Waals surface area contributed by atoms with Crippen LogP contribution in [-0.2, 0) is 0 Å². The first kappa shape index (κ1) is 18.3. The summed E-state index contributed by atoms with van der Waals surface area (Å²) in [5, 5.41) is 21.1. The van der Waals surface area contributed by atoms with Crippen molar-refractivity contribution in [3.63, 3.8) is 0 Å². The van der Waals surface area contributed by atoms with Gasteiger partial charge in [0.05, 0.1) is 36.5 Å². The van der Waals surface area contributed by atoms with Crippen molar-refractivity contribution in [1.82, 2.24) is 9.55 Å². The zero-order valence-electron chi connectivity index (χ0n) is 16.2. The highest BCUT2D eigenvalue weighted by atomic mass is 19.1. The summed E-state index contributed by atoms with van der Waals surface area (Å²) in [7, 11) is 0. The van der Waals surface area contributed by atoms with Crippen molar-refractivity contribution in [3.8, 4) is 11.3 Å². The maximum absolute atomic E-state index is 14.5. The second-order valence-corrected chi connectivity index (χ2v) is 9.15. The molecule has 5 heteroatoms. The first-order valence-electron chi connectivity index (χ1n) is 10.8. The molecule has 0 saturated heterocycles. The van der Waals surface area contributed by atoms with Crippen LogP contribution in [0.3, 0.4) is 0 Å². The van der Waals surface area contributed by atoms with Crippen LogP contribution in [0.5, 0.6) is 0 Å². The molecule has 2 fully saturated rings. The fourth-order valence-electron chi connectivity index (χ4n) is 6.11. The van der Waals surface area contributed by atoms with E-state index in [9.17, 15) is 14.6 Å². The number of imidazole rings is 1. The van der Waals surface area contributed by atoms with Gasteiger partial charge in [0.2, 0.25) is 0 Å². The molecule has 0 spiro atoms. The average molecular weight is 384 g/mol. The standard InChI is InChI=1S/C23H29FN2O2/c24-19-6-2-5-18-21-12-25-13-26(21)20(22(18)19)11-17(27)8-7-14-9-15-3-1-4-16(10-14)23(15)28/h2,5-6,12-17,20,23,27-28H,1,3-4,7-11H2. The van der Waals surface area contributed by atoms with Gasteiger partial charge in [-0.25, -0.2) is 9.37 Å². The molecule has 4 unspecified atom stereocenters. The molecular weight excluding hydrogens is 355 g/mol. The number of hydrogen-bond acceptors (Lipinski definition) is 3. The van der Waals surface area contributed by atoms with E-state index in [1.807, 2.05) is 10.6 Å². The van der Waals surface area contributed by atoms with Crippen molar-refractivity contribution in [2.45, 2.75) is 69.6 Å². The number of fused-ring (bicyclic) bond motifs is 5. The van der Waals surface area contributed by atoms with Gasteiger partial charge in [0.15, 0.2) is 0 Å². The molecular formula is C23H29FN2O2. The quantitative estimate of drug-likeness (QED) is 0.808. The summed E-state index contributed by atoms with van der Waals surface area (Å²) < 4.78 is 16.5. The Bertz CT molecular complexity index is 837. The number of nitrogens with zero attached hydrogens (tertiary/aromatic N) is 2. The van der Waals surface area contributed by atoms with Gasteiger partial charge in [0, 0.05) is 11.1 Å². The van der Waals surface area contributed by atoms with Crippen molar-refractivity contribution in [1.29, 1.82) is 0 Å². The third-order valence-corrected chi connectivity index (χ3v) is 7.46. The monoisotopic (exact) mass is 384 g/mol. The zero-order chi connectivity index (χ0) is 19.3. The van der Waals surface area contributed by atoms with Gasteiger partial charge in [-0.3, -0.25) is 0 Å². The maximum atomic E-state index is 14.5. The molecule has 2 aromatic rings. The smallest absolute Gasteiger partial charge is 0.129 e. The number of rotatable bonds is 5. The topological polar surface area (TPSA) is 58.3 Å². The van der Waals surface area contributed by atoms with E-state index in [4.69, 9.17) is 0 Å². The van der Waals surface area contributed by atoms with Crippen LogP contribution in [-0.4, -0.2) is 32.0 Å². The van der Waals surface area contributed by atoms with Gasteiger partial charge in [-0.1, -0.05) is 18.6 Å². The Hall–Kier alpha value is -1.72. The van der Waals surface area contributed by atoms with E-state index in [1.165, 1.54) is 12.5 Å². The minimum absolute atomic E-state index is 0.104. The molecule has 0 amide bonds. The minimum atomic E-state index is -0.461. The molecule has 1 aromatic heterocycles. The Kier molecular flexibility index (Phi) is 4.76. The highest BCUT2D eigenvalue weighted by Crippen LogP contribution is 2.45. The van der Waals surface area contributed by atoms with Gasteiger partial charge in [-0.05, 0) is 68.8 Å². The van der Waals surface area contributed by atoms with Crippen molar-refractivity contribution < 1.29 is 14.6 Å². The SMILES string of the molecule is OC(CCC1CC2CCCC(C1)C2O)CC1c2c(F)cccc2-c2cncn21. The van der Waals surface area contributed by atoms with E-state index in [2.05, 4.69) is 4.98 Å². The van der Waals surface area contributed by atoms with Crippen molar-refractivity contribution >= 4 is 0 Å². The number of halogens is 1. The predicted octanol–water partition coefficient (Wildman–Crippen LogP) is 4.31. The Balaban J connectivity index is 1.24. The third-order valence-electron chi connectivity index (χ3n) is 7.46. The Labute approximate surface area is 165 Å². The Morgan fingerprint density at radius 1 is 1.21 bits per heavy atom. The van der Waals surface area contributed by atoms with Crippen molar-refractivity contribution in [2.75, 3.05) is 0 Å². The summed E-state index contributed by atoms with van der Waals surface area (Å²) in [4.78, 5) is 4.22. The molecule has 4 nitrogen and oxygen atoms in total. The predicted molar refractivity (Wildman–Crippen MR) is 105 cm³/mol. The minimum Gasteiger partial charge on any atom is -0.393 e. The lowest BCUT2D eigenvalue weighted by molar-refractivity contribution is -0.0372. The molecule has 1 aliphatic heterocycles. The molecule has 3 aliphatic rings. The summed E-state index contributed by atoms with van der Waals surface area (Å²) in [6.45, 7) is 0. The molecule has 28 heavy (non-hydrogen) atoms. The molecule has 2 aliphatic carbocycles. The van der Waals surface area contributed by atoms with Crippen molar-refractivity contribution in [3.05, 3.63) is 42.1 Å². The van der Waals surface area contributed by atoms with Crippen LogP contribution >= 0.6 is 0 Å². The second-order valence-electron chi connectivity index (χ2n) is 9.15. The largest absolute Gasteiger partial charge is 0.393 e. The second kappa shape index (κ2) is 7.27. The molecule has 1 aromatic carbocycles. The number of aliphatic hydroxyl groups excluding tert-OH is 2. The van der Waals surface area contributed by atoms with Crippen LogP contribution < -0.4 is 0 Å². The average Bonchev–Trinajstić information content (AvgIpc) is 3.24. The fraction of sp³-hybridized carbons (Fsp3) is 0.609. The van der Waals surface area contributed by atoms with E-state index >= 15 is 0 Å². The lowest BCUT2D eigenvalue weighted by atomic mass is 9.65. The molecule has 150 valence electrons. The van der Waals surface area contributed by atoms with E-state index in [-0.39, 0.29) is 18.0 Å². The molecule has 4 atom stereocenters. The summed E-state index contributed by atoms with van der Waals surface area (Å²) in [6.07, 6.45) is 10.9. The normalized spacial score (nSPS) is 32.0. The first-order chi connectivity index (χ1) is 13.6. The van der Waals surface area contributed by atoms with E-state index in [0.717, 1.165) is 49.8 Å². The molecule has 5 rings (SSSR count). The molecule has 2 N–H and O–H groups in total. The summed E-state index contributed by atoms with van der Waals surface area (Å²) in [5.41, 5.74) is 2.51. The van der Waals surface area contributed by atoms with Gasteiger partial charge in [0.25, 0.3) is 0 Å². The van der Waals surface area contributed by atoms with E-state index < -0.39 is 6.10 Å². The fourth-order valence-corrected chi connectivity index (χ4v) is 6.11. The van der Waals surface area contributed by atoms with E-state index in [1.54, 1.807) is 18.6 Å². The van der Waals surface area contributed by atoms with E-state index in [0.29, 0.717) is 29.7 Å². The molecule has 2 bridgehead atoms. The summed E-state index contributed by atoms with van der Waals surface area (Å²) in [5.74, 6) is 1.31. The van der Waals surface area contributed by atoms with Gasteiger partial charge in [0.1, 0.15) is 5.82 Å². The lowest BCUT2D eigenvalue weighted by Crippen LogP contribution is -2.40. The highest BCUT2D eigenvalue weighted by molar-refractivity contribution is 5.69. The van der Waals surface area contributed by atoms with Gasteiger partial charge in [-0.15, -0.1) is 0 Å². The van der Waals surface area contributed by atoms with Crippen LogP contribution in [0.1, 0.15) is 63.0 Å². The van der Waals surface area contributed by atoms with Crippen LogP contribution in [0.15, 0.2) is 30.7 Å². The molecule has 2 heterocycles. The van der Waals surface area contributed by atoms with Crippen molar-refractivity contribution in [2.24, 2.45) is 17.8 Å². The zero-order valence-corrected chi connectivity index (χ0v) is 16.2. The number of aliphatic hydroxyl groups is 2. The number of aromatic nitrogens is 2. The third kappa shape index (κ3) is 3.09. The Morgan fingerprint density at radius 3 is 2.79 bits per heavy atom. The highest BCUT2D eigenvalue weighted by Gasteiger charge is 2.39. The Morgan fingerprint density at radius 2 is 2.00 bits per heavy atom. The van der Waals surface area contributed by atoms with Crippen LogP contribution in [0.2, 0.25) is 0 Å². The first-order valence-corrected chi connectivity index (χ1v) is 10.8. The van der Waals surface area contributed by atoms with Gasteiger partial charge in [-0.2, -0.15) is 0 Å². The number of hydrogen-bond donors (Lipinski definition) is 2. The molecule has 0 radical (unpaired) electrons. The van der Waals surface area contributed by atoms with Crippen LogP contribution in [0.25, 0.3) is 11.3 Å². The van der Waals surface area contributed by atoms with Gasteiger partial charge < -0.3 is 14.8 Å². The maximum Gasteiger partial charge on any atom is 0.129 e. The number of benzene rings is 1. The summed E-state index contributed by atoms with van der Waals surface area (Å²) in [6, 6.07) is 4.99. The van der Waals surface area contributed by atoms with Gasteiger partial charge >= 0.3 is 0 Å². The lowest BCUT2D eigenvalue weighted by Gasteiger charge is -2.43. The molecule has 2 saturated carbocycles. The van der Waals surface area contributed by atoms with Crippen LogP contribution in [0, 0.1) is 23.6 Å². The summed E-state index contributed by atoms with van der Waals surface area (Å²) >= 11 is 0. The van der Waals surface area contributed by atoms with Crippen LogP contribution in [0.4, 0.5) is 4.39 Å².